The third-order valence-electron chi connectivity index (χ3n) is 4.60. The molecule has 0 spiro atoms. The Bertz CT molecular complexity index is 1040. The van der Waals surface area contributed by atoms with Gasteiger partial charge in [0.2, 0.25) is 0 Å². The molecule has 0 aliphatic rings. The van der Waals surface area contributed by atoms with E-state index < -0.39 is 0 Å². The van der Waals surface area contributed by atoms with Gasteiger partial charge in [-0.3, -0.25) is 4.79 Å². The minimum absolute atomic E-state index is 0.716. The third-order valence-corrected chi connectivity index (χ3v) is 4.60. The van der Waals surface area contributed by atoms with Crippen molar-refractivity contribution in [1.29, 1.82) is 0 Å². The monoisotopic (exact) mass is 313 g/mol. The van der Waals surface area contributed by atoms with Gasteiger partial charge >= 0.3 is 0 Å². The highest BCUT2D eigenvalue weighted by molar-refractivity contribution is 6.13. The first-order chi connectivity index (χ1) is 11.8. The maximum absolute atomic E-state index is 11.5. The van der Waals surface area contributed by atoms with Crippen LogP contribution in [0.25, 0.3) is 32.9 Å². The van der Waals surface area contributed by atoms with Gasteiger partial charge in [-0.05, 0) is 35.7 Å². The standard InChI is InChI=1S/C22H19NO/c1-2-7-16-8-3-4-9-17(16)19-12-15(14-24)13-20-18-10-5-6-11-21(18)23-22(19)20/h3-6,8-14,23H,2,7H2,1H3. The lowest BCUT2D eigenvalue weighted by Crippen LogP contribution is -1.92. The van der Waals surface area contributed by atoms with Crippen LogP contribution >= 0.6 is 0 Å². The van der Waals surface area contributed by atoms with Gasteiger partial charge in [0.05, 0.1) is 5.52 Å². The van der Waals surface area contributed by atoms with Gasteiger partial charge in [0.25, 0.3) is 0 Å². The van der Waals surface area contributed by atoms with E-state index in [0.717, 1.165) is 46.5 Å². The molecule has 24 heavy (non-hydrogen) atoms. The summed E-state index contributed by atoms with van der Waals surface area (Å²) in [5, 5.41) is 2.27. The molecule has 0 atom stereocenters. The van der Waals surface area contributed by atoms with E-state index in [-0.39, 0.29) is 0 Å². The van der Waals surface area contributed by atoms with Gasteiger partial charge in [-0.1, -0.05) is 55.8 Å². The SMILES string of the molecule is CCCc1ccccc1-c1cc(C=O)cc2c1[nH]c1ccccc12. The summed E-state index contributed by atoms with van der Waals surface area (Å²) in [6.45, 7) is 2.19. The van der Waals surface area contributed by atoms with Gasteiger partial charge in [-0.15, -0.1) is 0 Å². The first-order valence-electron chi connectivity index (χ1n) is 8.39. The molecule has 2 nitrogen and oxygen atoms in total. The quantitative estimate of drug-likeness (QED) is 0.478. The van der Waals surface area contributed by atoms with E-state index >= 15 is 0 Å². The van der Waals surface area contributed by atoms with Crippen LogP contribution in [0.15, 0.2) is 60.7 Å². The minimum Gasteiger partial charge on any atom is -0.354 e. The van der Waals surface area contributed by atoms with Crippen LogP contribution in [0.4, 0.5) is 0 Å². The molecule has 118 valence electrons. The molecule has 1 aromatic heterocycles. The summed E-state index contributed by atoms with van der Waals surface area (Å²) in [7, 11) is 0. The summed E-state index contributed by atoms with van der Waals surface area (Å²) in [5.74, 6) is 0. The highest BCUT2D eigenvalue weighted by Crippen LogP contribution is 2.35. The molecule has 0 aliphatic heterocycles. The zero-order valence-corrected chi connectivity index (χ0v) is 13.7. The number of carbonyl (C=O) groups excluding carboxylic acids is 1. The van der Waals surface area contributed by atoms with E-state index in [2.05, 4.69) is 48.3 Å². The van der Waals surface area contributed by atoms with E-state index in [0.29, 0.717) is 5.56 Å². The van der Waals surface area contributed by atoms with Gasteiger partial charge < -0.3 is 4.98 Å². The summed E-state index contributed by atoms with van der Waals surface area (Å²) >= 11 is 0. The lowest BCUT2D eigenvalue weighted by molar-refractivity contribution is 0.112. The Morgan fingerprint density at radius 3 is 2.54 bits per heavy atom. The fourth-order valence-electron chi connectivity index (χ4n) is 3.52. The predicted molar refractivity (Wildman–Crippen MR) is 101 cm³/mol. The van der Waals surface area contributed by atoms with Crippen molar-refractivity contribution >= 4 is 28.1 Å². The van der Waals surface area contributed by atoms with E-state index in [4.69, 9.17) is 0 Å². The molecule has 0 saturated carbocycles. The zero-order chi connectivity index (χ0) is 16.5. The van der Waals surface area contributed by atoms with Crippen molar-refractivity contribution in [1.82, 2.24) is 4.98 Å². The summed E-state index contributed by atoms with van der Waals surface area (Å²) in [6.07, 6.45) is 3.07. The lowest BCUT2D eigenvalue weighted by atomic mass is 9.94. The van der Waals surface area contributed by atoms with Crippen molar-refractivity contribution in [3.8, 4) is 11.1 Å². The van der Waals surface area contributed by atoms with Crippen molar-refractivity contribution in [3.63, 3.8) is 0 Å². The molecule has 0 saturated heterocycles. The highest BCUT2D eigenvalue weighted by Gasteiger charge is 2.13. The lowest BCUT2D eigenvalue weighted by Gasteiger charge is -2.11. The number of hydrogen-bond acceptors (Lipinski definition) is 1. The van der Waals surface area contributed by atoms with Gasteiger partial charge in [0, 0.05) is 27.4 Å². The zero-order valence-electron chi connectivity index (χ0n) is 13.7. The molecular weight excluding hydrogens is 294 g/mol. The Morgan fingerprint density at radius 2 is 1.71 bits per heavy atom. The third kappa shape index (κ3) is 2.31. The largest absolute Gasteiger partial charge is 0.354 e. The van der Waals surface area contributed by atoms with Crippen molar-refractivity contribution in [3.05, 3.63) is 71.8 Å². The second-order valence-corrected chi connectivity index (χ2v) is 6.19. The van der Waals surface area contributed by atoms with Crippen molar-refractivity contribution in [2.75, 3.05) is 0 Å². The van der Waals surface area contributed by atoms with E-state index in [1.54, 1.807) is 0 Å². The second-order valence-electron chi connectivity index (χ2n) is 6.19. The average Bonchev–Trinajstić information content (AvgIpc) is 3.00. The van der Waals surface area contributed by atoms with Crippen molar-refractivity contribution in [2.24, 2.45) is 0 Å². The first-order valence-corrected chi connectivity index (χ1v) is 8.39. The van der Waals surface area contributed by atoms with E-state index in [1.807, 2.05) is 24.3 Å². The average molecular weight is 313 g/mol. The van der Waals surface area contributed by atoms with Crippen LogP contribution in [0.1, 0.15) is 29.3 Å². The van der Waals surface area contributed by atoms with Gasteiger partial charge in [0.15, 0.2) is 0 Å². The fraction of sp³-hybridized carbons (Fsp3) is 0.136. The summed E-state index contributed by atoms with van der Waals surface area (Å²) < 4.78 is 0. The molecule has 2 heteroatoms. The number of carbonyl (C=O) groups is 1. The summed E-state index contributed by atoms with van der Waals surface area (Å²) in [5.41, 5.74) is 6.56. The Hall–Kier alpha value is -2.87. The van der Waals surface area contributed by atoms with Crippen LogP contribution in [0.3, 0.4) is 0 Å². The molecular formula is C22H19NO. The summed E-state index contributed by atoms with van der Waals surface area (Å²) in [6, 6.07) is 20.7. The first kappa shape index (κ1) is 14.7. The van der Waals surface area contributed by atoms with Crippen LogP contribution in [0.2, 0.25) is 0 Å². The Morgan fingerprint density at radius 1 is 0.917 bits per heavy atom. The Labute approximate surface area is 141 Å². The molecule has 0 radical (unpaired) electrons. The molecule has 4 aromatic rings. The topological polar surface area (TPSA) is 32.9 Å². The second kappa shape index (κ2) is 5.97. The van der Waals surface area contributed by atoms with E-state index in [1.165, 1.54) is 11.1 Å². The number of H-pyrrole nitrogens is 1. The number of fused-ring (bicyclic) bond motifs is 3. The summed E-state index contributed by atoms with van der Waals surface area (Å²) in [4.78, 5) is 15.0. The number of benzene rings is 3. The highest BCUT2D eigenvalue weighted by atomic mass is 16.1. The molecule has 0 unspecified atom stereocenters. The van der Waals surface area contributed by atoms with Gasteiger partial charge in [0.1, 0.15) is 6.29 Å². The smallest absolute Gasteiger partial charge is 0.150 e. The number of aromatic amines is 1. The number of aryl methyl sites for hydroxylation is 1. The number of aromatic nitrogens is 1. The van der Waals surface area contributed by atoms with Crippen LogP contribution in [-0.4, -0.2) is 11.3 Å². The van der Waals surface area contributed by atoms with Crippen molar-refractivity contribution in [2.45, 2.75) is 19.8 Å². The molecule has 0 amide bonds. The number of rotatable bonds is 4. The fourth-order valence-corrected chi connectivity index (χ4v) is 3.52. The van der Waals surface area contributed by atoms with Gasteiger partial charge in [-0.2, -0.15) is 0 Å². The number of aldehydes is 1. The molecule has 4 rings (SSSR count). The van der Waals surface area contributed by atoms with E-state index in [9.17, 15) is 4.79 Å². The maximum atomic E-state index is 11.5. The number of hydrogen-bond donors (Lipinski definition) is 1. The Balaban J connectivity index is 2.10. The molecule has 0 fully saturated rings. The molecule has 0 aliphatic carbocycles. The minimum atomic E-state index is 0.716. The number of nitrogens with one attached hydrogen (secondary N) is 1. The van der Waals surface area contributed by atoms with Crippen LogP contribution < -0.4 is 0 Å². The molecule has 3 aromatic carbocycles. The molecule has 0 bridgehead atoms. The van der Waals surface area contributed by atoms with Crippen molar-refractivity contribution < 1.29 is 4.79 Å². The van der Waals surface area contributed by atoms with Crippen LogP contribution in [-0.2, 0) is 6.42 Å². The van der Waals surface area contributed by atoms with Crippen LogP contribution in [0.5, 0.6) is 0 Å². The normalized spacial score (nSPS) is 11.2. The van der Waals surface area contributed by atoms with Gasteiger partial charge in [-0.25, -0.2) is 0 Å². The van der Waals surface area contributed by atoms with Crippen LogP contribution in [0, 0.1) is 0 Å². The Kier molecular flexibility index (Phi) is 3.66. The molecule has 1 heterocycles. The molecule has 1 N–H and O–H groups in total. The maximum Gasteiger partial charge on any atom is 0.150 e. The number of para-hydroxylation sites is 1. The predicted octanol–water partition coefficient (Wildman–Crippen LogP) is 5.75.